The van der Waals surface area contributed by atoms with Gasteiger partial charge in [-0.25, -0.2) is 9.97 Å². The lowest BCUT2D eigenvalue weighted by molar-refractivity contribution is -0.117. The van der Waals surface area contributed by atoms with Crippen LogP contribution in [0.4, 0.5) is 5.13 Å². The quantitative estimate of drug-likeness (QED) is 0.569. The van der Waals surface area contributed by atoms with E-state index in [1.54, 1.807) is 11.8 Å². The minimum atomic E-state index is -0.0311. The number of hydrogen-bond donors (Lipinski definition) is 1. The molecule has 154 valence electrons. The number of aromatic nitrogens is 2. The Kier molecular flexibility index (Phi) is 6.54. The maximum atomic E-state index is 12.4. The Hall–Kier alpha value is -1.34. The van der Waals surface area contributed by atoms with Gasteiger partial charge in [0.25, 0.3) is 0 Å². The van der Waals surface area contributed by atoms with Crippen LogP contribution in [-0.2, 0) is 16.0 Å². The number of oxazole rings is 1. The zero-order valence-electron chi connectivity index (χ0n) is 16.2. The molecule has 2 aromatic rings. The van der Waals surface area contributed by atoms with Crippen molar-refractivity contribution in [2.75, 3.05) is 5.32 Å². The molecule has 2 heterocycles. The van der Waals surface area contributed by atoms with Crippen molar-refractivity contribution >= 4 is 34.1 Å². The molecule has 2 aliphatic carbocycles. The van der Waals surface area contributed by atoms with Crippen LogP contribution >= 0.6 is 23.1 Å². The summed E-state index contributed by atoms with van der Waals surface area (Å²) in [4.78, 5) is 21.1. The second-order valence-electron chi connectivity index (χ2n) is 8.83. The van der Waals surface area contributed by atoms with Gasteiger partial charge in [-0.3, -0.25) is 4.79 Å². The van der Waals surface area contributed by atoms with E-state index in [9.17, 15) is 4.79 Å². The zero-order valence-corrected chi connectivity index (χ0v) is 17.8. The van der Waals surface area contributed by atoms with Gasteiger partial charge < -0.3 is 9.73 Å². The molecule has 0 saturated heterocycles. The molecule has 2 saturated carbocycles. The van der Waals surface area contributed by atoms with Crippen LogP contribution in [0.15, 0.2) is 21.0 Å². The second kappa shape index (κ2) is 8.57. The Morgan fingerprint density at radius 3 is 2.75 bits per heavy atom. The van der Waals surface area contributed by atoms with E-state index in [-0.39, 0.29) is 18.7 Å². The highest BCUT2D eigenvalue weighted by Gasteiger charge is 2.40. The first kappa shape index (κ1) is 21.4. The van der Waals surface area contributed by atoms with Gasteiger partial charge in [0.1, 0.15) is 5.76 Å². The van der Waals surface area contributed by atoms with Gasteiger partial charge in [-0.1, -0.05) is 46.0 Å². The van der Waals surface area contributed by atoms with Gasteiger partial charge in [-0.15, -0.1) is 11.8 Å². The van der Waals surface area contributed by atoms with Crippen LogP contribution in [-0.4, -0.2) is 15.9 Å². The van der Waals surface area contributed by atoms with E-state index in [1.165, 1.54) is 37.0 Å². The molecule has 2 aromatic heterocycles. The Labute approximate surface area is 176 Å². The standard InChI is InChI=1S/C20H27N3O2S2.CH4/c1-20(2,3)15-9-21-17(25-15)11-26-18-10-22-19(27-18)23-16(24)8-14-7-12-4-5-13(14)6-12;/h9-10,12-14H,4-8,11H2,1-3H3,(H,22,23,24);1H4/t12-,13?,14?;/m1./s1. The van der Waals surface area contributed by atoms with Gasteiger partial charge in [0.05, 0.1) is 22.4 Å². The monoisotopic (exact) mass is 421 g/mol. The fourth-order valence-corrected chi connectivity index (χ4v) is 6.02. The number of hydrogen-bond acceptors (Lipinski definition) is 6. The van der Waals surface area contributed by atoms with Crippen LogP contribution < -0.4 is 5.32 Å². The predicted octanol–water partition coefficient (Wildman–Crippen LogP) is 6.12. The highest BCUT2D eigenvalue weighted by molar-refractivity contribution is 8.00. The first-order valence-corrected chi connectivity index (χ1v) is 11.5. The smallest absolute Gasteiger partial charge is 0.226 e. The third kappa shape index (κ3) is 4.98. The molecule has 2 fully saturated rings. The summed E-state index contributed by atoms with van der Waals surface area (Å²) in [6, 6.07) is 0. The van der Waals surface area contributed by atoms with Crippen molar-refractivity contribution in [3.63, 3.8) is 0 Å². The first-order valence-electron chi connectivity index (χ1n) is 9.70. The minimum Gasteiger partial charge on any atom is -0.444 e. The molecule has 0 aromatic carbocycles. The first-order chi connectivity index (χ1) is 12.9. The molecule has 1 N–H and O–H groups in total. The summed E-state index contributed by atoms with van der Waals surface area (Å²) in [5.74, 6) is 4.64. The van der Waals surface area contributed by atoms with Crippen LogP contribution in [0.1, 0.15) is 72.0 Å². The lowest BCUT2D eigenvalue weighted by Crippen LogP contribution is -2.20. The molecule has 3 atom stereocenters. The average molecular weight is 422 g/mol. The Morgan fingerprint density at radius 2 is 2.11 bits per heavy atom. The predicted molar refractivity (Wildman–Crippen MR) is 116 cm³/mol. The summed E-state index contributed by atoms with van der Waals surface area (Å²) in [7, 11) is 0. The lowest BCUT2D eigenvalue weighted by Gasteiger charge is -2.20. The van der Waals surface area contributed by atoms with Crippen molar-refractivity contribution in [2.45, 2.75) is 75.7 Å². The van der Waals surface area contributed by atoms with Gasteiger partial charge in [0, 0.05) is 11.8 Å². The van der Waals surface area contributed by atoms with Crippen molar-refractivity contribution in [3.8, 4) is 0 Å². The van der Waals surface area contributed by atoms with Crippen molar-refractivity contribution in [1.82, 2.24) is 9.97 Å². The fourth-order valence-electron chi connectivity index (χ4n) is 4.28. The van der Waals surface area contributed by atoms with Crippen molar-refractivity contribution in [1.29, 1.82) is 0 Å². The van der Waals surface area contributed by atoms with Gasteiger partial charge in [-0.05, 0) is 37.0 Å². The third-order valence-electron chi connectivity index (χ3n) is 5.69. The number of rotatable bonds is 6. The molecule has 0 spiro atoms. The Morgan fingerprint density at radius 1 is 1.29 bits per heavy atom. The van der Waals surface area contributed by atoms with E-state index in [0.29, 0.717) is 23.2 Å². The number of nitrogens with zero attached hydrogens (tertiary/aromatic N) is 2. The van der Waals surface area contributed by atoms with Crippen LogP contribution in [0.2, 0.25) is 0 Å². The van der Waals surface area contributed by atoms with Gasteiger partial charge in [-0.2, -0.15) is 0 Å². The van der Waals surface area contributed by atoms with Crippen LogP contribution in [0.5, 0.6) is 0 Å². The average Bonchev–Trinajstić information content (AvgIpc) is 3.36. The number of thiazole rings is 1. The number of thioether (sulfide) groups is 1. The van der Waals surface area contributed by atoms with Crippen LogP contribution in [0.3, 0.4) is 0 Å². The van der Waals surface area contributed by atoms with E-state index >= 15 is 0 Å². The van der Waals surface area contributed by atoms with Gasteiger partial charge >= 0.3 is 0 Å². The van der Waals surface area contributed by atoms with Gasteiger partial charge in [0.15, 0.2) is 5.13 Å². The number of nitrogens with one attached hydrogen (secondary N) is 1. The molecule has 4 rings (SSSR count). The van der Waals surface area contributed by atoms with E-state index in [0.717, 1.165) is 27.7 Å². The molecule has 5 nitrogen and oxygen atoms in total. The topological polar surface area (TPSA) is 68.0 Å². The normalized spacial score (nSPS) is 23.6. The van der Waals surface area contributed by atoms with Crippen molar-refractivity contribution in [2.24, 2.45) is 17.8 Å². The third-order valence-corrected chi connectivity index (χ3v) is 7.79. The molecule has 2 unspecified atom stereocenters. The summed E-state index contributed by atoms with van der Waals surface area (Å²) in [5.41, 5.74) is -0.0311. The van der Waals surface area contributed by atoms with E-state index in [1.807, 2.05) is 12.4 Å². The number of amides is 1. The molecule has 0 aliphatic heterocycles. The lowest BCUT2D eigenvalue weighted by atomic mass is 9.86. The molecular formula is C21H31N3O2S2. The number of carbonyl (C=O) groups excluding carboxylic acids is 1. The van der Waals surface area contributed by atoms with Crippen molar-refractivity contribution < 1.29 is 9.21 Å². The Bertz CT molecular complexity index is 809. The molecule has 2 bridgehead atoms. The molecule has 7 heteroatoms. The Balaban J connectivity index is 0.00000225. The number of fused-ring (bicyclic) bond motifs is 2. The summed E-state index contributed by atoms with van der Waals surface area (Å²) >= 11 is 3.15. The molecule has 28 heavy (non-hydrogen) atoms. The summed E-state index contributed by atoms with van der Waals surface area (Å²) < 4.78 is 6.88. The summed E-state index contributed by atoms with van der Waals surface area (Å²) in [6.45, 7) is 6.33. The maximum Gasteiger partial charge on any atom is 0.226 e. The highest BCUT2D eigenvalue weighted by atomic mass is 32.2. The van der Waals surface area contributed by atoms with Crippen molar-refractivity contribution in [3.05, 3.63) is 24.0 Å². The van der Waals surface area contributed by atoms with Crippen LogP contribution in [0.25, 0.3) is 0 Å². The largest absolute Gasteiger partial charge is 0.444 e. The molecule has 0 radical (unpaired) electrons. The number of anilines is 1. The zero-order chi connectivity index (χ0) is 19.0. The van der Waals surface area contributed by atoms with Gasteiger partial charge in [0.2, 0.25) is 11.8 Å². The molecule has 1 amide bonds. The van der Waals surface area contributed by atoms with Crippen LogP contribution in [0, 0.1) is 17.8 Å². The van der Waals surface area contributed by atoms with E-state index < -0.39 is 0 Å². The second-order valence-corrected chi connectivity index (χ2v) is 11.1. The molecule has 2 aliphatic rings. The molecular weight excluding hydrogens is 390 g/mol. The number of carbonyl (C=O) groups is 1. The summed E-state index contributed by atoms with van der Waals surface area (Å²) in [5, 5.41) is 3.68. The van der Waals surface area contributed by atoms with E-state index in [4.69, 9.17) is 4.42 Å². The maximum absolute atomic E-state index is 12.4. The SMILES string of the molecule is C.CC(C)(C)c1cnc(CSc2cnc(NC(=O)CC3C[C@@H]4CCC3C4)s2)o1. The van der Waals surface area contributed by atoms with E-state index in [2.05, 4.69) is 36.1 Å². The highest BCUT2D eigenvalue weighted by Crippen LogP contribution is 2.49. The minimum absolute atomic E-state index is 0. The fraction of sp³-hybridized carbons (Fsp3) is 0.667. The summed E-state index contributed by atoms with van der Waals surface area (Å²) in [6.07, 6.45) is 9.54.